The Hall–Kier alpha value is -1.90. The molecule has 0 amide bonds. The molecule has 2 heterocycles. The van der Waals surface area contributed by atoms with Crippen molar-refractivity contribution in [2.24, 2.45) is 0 Å². The first-order chi connectivity index (χ1) is 10.4. The van der Waals surface area contributed by atoms with Crippen molar-refractivity contribution in [3.8, 4) is 0 Å². The van der Waals surface area contributed by atoms with E-state index in [-0.39, 0.29) is 18.0 Å². The third-order valence-electron chi connectivity index (χ3n) is 3.28. The van der Waals surface area contributed by atoms with Crippen LogP contribution >= 0.6 is 0 Å². The number of ether oxygens (including phenoxy) is 1. The van der Waals surface area contributed by atoms with E-state index in [0.29, 0.717) is 11.8 Å². The Morgan fingerprint density at radius 3 is 2.64 bits per heavy atom. The predicted molar refractivity (Wildman–Crippen MR) is 83.0 cm³/mol. The second-order valence-corrected chi connectivity index (χ2v) is 7.44. The quantitative estimate of drug-likeness (QED) is 0.745. The van der Waals surface area contributed by atoms with Gasteiger partial charge in [-0.25, -0.2) is 18.2 Å². The van der Waals surface area contributed by atoms with Crippen LogP contribution in [0.4, 0.5) is 11.8 Å². The minimum Gasteiger partial charge on any atom is -0.464 e. The van der Waals surface area contributed by atoms with Crippen molar-refractivity contribution in [3.63, 3.8) is 0 Å². The number of carbonyl (C=O) groups excluding carboxylic acids is 1. The second-order valence-electron chi connectivity index (χ2n) is 5.18. The van der Waals surface area contributed by atoms with E-state index in [9.17, 15) is 13.2 Å². The lowest BCUT2D eigenvalue weighted by Crippen LogP contribution is -2.23. The lowest BCUT2D eigenvalue weighted by molar-refractivity contribution is 0.0594. The van der Waals surface area contributed by atoms with Crippen molar-refractivity contribution in [3.05, 3.63) is 11.8 Å². The standard InChI is InChI=1S/C13H20N4O4S/c1-21-12(18)10-9-11(14-5-8-22(2,19)20)16-13(15-10)17-6-3-4-7-17/h9H,3-8H2,1-2H3,(H,14,15,16). The van der Waals surface area contributed by atoms with Gasteiger partial charge in [0.05, 0.1) is 12.9 Å². The lowest BCUT2D eigenvalue weighted by atomic mass is 10.4. The van der Waals surface area contributed by atoms with Crippen molar-refractivity contribution in [2.45, 2.75) is 12.8 Å². The molecular formula is C13H20N4O4S. The Balaban J connectivity index is 2.19. The van der Waals surface area contributed by atoms with Gasteiger partial charge in [-0.1, -0.05) is 0 Å². The van der Waals surface area contributed by atoms with Gasteiger partial charge in [0.25, 0.3) is 0 Å². The van der Waals surface area contributed by atoms with E-state index >= 15 is 0 Å². The molecule has 1 N–H and O–H groups in total. The fourth-order valence-corrected chi connectivity index (χ4v) is 2.63. The maximum absolute atomic E-state index is 11.7. The molecule has 1 fully saturated rings. The third-order valence-corrected chi connectivity index (χ3v) is 4.22. The number of rotatable bonds is 6. The van der Waals surface area contributed by atoms with Gasteiger partial charge in [0, 0.05) is 32.0 Å². The maximum Gasteiger partial charge on any atom is 0.356 e. The van der Waals surface area contributed by atoms with Gasteiger partial charge in [0.15, 0.2) is 5.69 Å². The SMILES string of the molecule is COC(=O)c1cc(NCCS(C)(=O)=O)nc(N2CCCC2)n1. The molecule has 0 saturated carbocycles. The van der Waals surface area contributed by atoms with Crippen molar-refractivity contribution in [1.82, 2.24) is 9.97 Å². The molecule has 1 aromatic heterocycles. The minimum atomic E-state index is -3.06. The van der Waals surface area contributed by atoms with Crippen LogP contribution in [0.1, 0.15) is 23.3 Å². The predicted octanol–water partition coefficient (Wildman–Crippen LogP) is 0.320. The normalized spacial score (nSPS) is 14.9. The van der Waals surface area contributed by atoms with E-state index in [4.69, 9.17) is 4.74 Å². The Morgan fingerprint density at radius 1 is 1.36 bits per heavy atom. The van der Waals surface area contributed by atoms with Crippen molar-refractivity contribution in [2.75, 3.05) is 49.0 Å². The molecule has 0 atom stereocenters. The summed E-state index contributed by atoms with van der Waals surface area (Å²) in [5.41, 5.74) is 0.154. The molecule has 22 heavy (non-hydrogen) atoms. The first kappa shape index (κ1) is 16.5. The summed E-state index contributed by atoms with van der Waals surface area (Å²) in [5.74, 6) is 0.320. The van der Waals surface area contributed by atoms with Crippen molar-refractivity contribution >= 4 is 27.6 Å². The summed E-state index contributed by atoms with van der Waals surface area (Å²) >= 11 is 0. The van der Waals surface area contributed by atoms with Crippen LogP contribution in [-0.4, -0.2) is 63.1 Å². The number of methoxy groups -OCH3 is 1. The highest BCUT2D eigenvalue weighted by Gasteiger charge is 2.19. The van der Waals surface area contributed by atoms with Gasteiger partial charge in [-0.2, -0.15) is 4.98 Å². The van der Waals surface area contributed by atoms with E-state index in [1.54, 1.807) is 0 Å². The minimum absolute atomic E-state index is 0.0103. The highest BCUT2D eigenvalue weighted by molar-refractivity contribution is 7.90. The molecule has 9 heteroatoms. The molecule has 0 aliphatic carbocycles. The molecule has 0 spiro atoms. The molecular weight excluding hydrogens is 308 g/mol. The van der Waals surface area contributed by atoms with Crippen LogP contribution < -0.4 is 10.2 Å². The van der Waals surface area contributed by atoms with E-state index in [1.165, 1.54) is 19.4 Å². The molecule has 8 nitrogen and oxygen atoms in total. The highest BCUT2D eigenvalue weighted by Crippen LogP contribution is 2.19. The van der Waals surface area contributed by atoms with Gasteiger partial charge in [-0.3, -0.25) is 0 Å². The monoisotopic (exact) mass is 328 g/mol. The Morgan fingerprint density at radius 2 is 2.05 bits per heavy atom. The summed E-state index contributed by atoms with van der Waals surface area (Å²) in [6.45, 7) is 1.90. The van der Waals surface area contributed by atoms with Crippen LogP contribution in [0.15, 0.2) is 6.07 Å². The summed E-state index contributed by atoms with van der Waals surface area (Å²) in [6, 6.07) is 1.47. The Bertz CT molecular complexity index is 641. The van der Waals surface area contributed by atoms with Gasteiger partial charge < -0.3 is 15.0 Å². The lowest BCUT2D eigenvalue weighted by Gasteiger charge is -2.17. The van der Waals surface area contributed by atoms with E-state index in [1.807, 2.05) is 4.90 Å². The van der Waals surface area contributed by atoms with Crippen LogP contribution in [0.25, 0.3) is 0 Å². The zero-order valence-corrected chi connectivity index (χ0v) is 13.5. The maximum atomic E-state index is 11.7. The molecule has 0 aromatic carbocycles. The average molecular weight is 328 g/mol. The molecule has 2 rings (SSSR count). The number of sulfone groups is 1. The number of carbonyl (C=O) groups is 1. The number of aromatic nitrogens is 2. The van der Waals surface area contributed by atoms with Crippen LogP contribution in [0, 0.1) is 0 Å². The first-order valence-corrected chi connectivity index (χ1v) is 9.09. The molecule has 0 bridgehead atoms. The highest BCUT2D eigenvalue weighted by atomic mass is 32.2. The molecule has 1 aliphatic heterocycles. The summed E-state index contributed by atoms with van der Waals surface area (Å²) in [4.78, 5) is 22.3. The van der Waals surface area contributed by atoms with E-state index in [0.717, 1.165) is 25.9 Å². The fraction of sp³-hybridized carbons (Fsp3) is 0.615. The summed E-state index contributed by atoms with van der Waals surface area (Å²) in [7, 11) is -1.77. The van der Waals surface area contributed by atoms with Crippen LogP contribution in [-0.2, 0) is 14.6 Å². The Kier molecular flexibility index (Phi) is 5.17. The number of anilines is 2. The first-order valence-electron chi connectivity index (χ1n) is 7.03. The summed E-state index contributed by atoms with van der Waals surface area (Å²) in [6.07, 6.45) is 3.29. The number of esters is 1. The van der Waals surface area contributed by atoms with Crippen LogP contribution in [0.3, 0.4) is 0 Å². The largest absolute Gasteiger partial charge is 0.464 e. The molecule has 0 radical (unpaired) electrons. The smallest absolute Gasteiger partial charge is 0.356 e. The van der Waals surface area contributed by atoms with Gasteiger partial charge in [0.1, 0.15) is 15.7 Å². The second kappa shape index (κ2) is 6.91. The molecule has 1 saturated heterocycles. The Labute approximate surface area is 129 Å². The number of hydrogen-bond acceptors (Lipinski definition) is 8. The number of nitrogens with zero attached hydrogens (tertiary/aromatic N) is 3. The molecule has 0 unspecified atom stereocenters. The number of hydrogen-bond donors (Lipinski definition) is 1. The van der Waals surface area contributed by atoms with Crippen LogP contribution in [0.2, 0.25) is 0 Å². The van der Waals surface area contributed by atoms with E-state index in [2.05, 4.69) is 15.3 Å². The molecule has 1 aliphatic rings. The van der Waals surface area contributed by atoms with E-state index < -0.39 is 15.8 Å². The van der Waals surface area contributed by atoms with Gasteiger partial charge in [0.2, 0.25) is 5.95 Å². The average Bonchev–Trinajstić information content (AvgIpc) is 2.99. The fourth-order valence-electron chi connectivity index (χ4n) is 2.16. The zero-order chi connectivity index (χ0) is 16.2. The van der Waals surface area contributed by atoms with Gasteiger partial charge >= 0.3 is 5.97 Å². The topological polar surface area (TPSA) is 101 Å². The molecule has 122 valence electrons. The van der Waals surface area contributed by atoms with Gasteiger partial charge in [-0.15, -0.1) is 0 Å². The van der Waals surface area contributed by atoms with Crippen LogP contribution in [0.5, 0.6) is 0 Å². The summed E-state index contributed by atoms with van der Waals surface area (Å²) in [5, 5.41) is 2.92. The molecule has 1 aromatic rings. The number of nitrogens with one attached hydrogen (secondary N) is 1. The van der Waals surface area contributed by atoms with Crippen molar-refractivity contribution in [1.29, 1.82) is 0 Å². The summed E-state index contributed by atoms with van der Waals surface area (Å²) < 4.78 is 27.0. The van der Waals surface area contributed by atoms with Gasteiger partial charge in [-0.05, 0) is 12.8 Å². The van der Waals surface area contributed by atoms with Crippen molar-refractivity contribution < 1.29 is 17.9 Å². The third kappa shape index (κ3) is 4.55. The zero-order valence-electron chi connectivity index (χ0n) is 12.7.